The van der Waals surface area contributed by atoms with Gasteiger partial charge in [0.25, 0.3) is 0 Å². The lowest BCUT2D eigenvalue weighted by molar-refractivity contribution is -0.116. The molecule has 0 spiro atoms. The Kier molecular flexibility index (Phi) is 5.09. The average Bonchev–Trinajstić information content (AvgIpc) is 2.56. The van der Waals surface area contributed by atoms with Gasteiger partial charge in [0.05, 0.1) is 5.57 Å². The summed E-state index contributed by atoms with van der Waals surface area (Å²) < 4.78 is 19.8. The zero-order valence-electron chi connectivity index (χ0n) is 16.2. The second-order valence-electron chi connectivity index (χ2n) is 7.97. The first-order valence-electron chi connectivity index (χ1n) is 9.23. The molecular weight excluding hydrogens is 343 g/mol. The predicted octanol–water partition coefficient (Wildman–Crippen LogP) is 6.15. The first-order chi connectivity index (χ1) is 12.7. The van der Waals surface area contributed by atoms with Gasteiger partial charge in [-0.3, -0.25) is 4.79 Å². The lowest BCUT2D eigenvalue weighted by Crippen LogP contribution is -2.25. The fraction of sp³-hybridized carbons (Fsp3) is 0.348. The van der Waals surface area contributed by atoms with E-state index in [0.29, 0.717) is 36.1 Å². The number of rotatable bonds is 4. The molecule has 4 heteroatoms. The molecule has 1 aliphatic rings. The Morgan fingerprint density at radius 2 is 1.89 bits per heavy atom. The second kappa shape index (κ2) is 7.18. The van der Waals surface area contributed by atoms with Crippen LogP contribution in [0.4, 0.5) is 4.39 Å². The van der Waals surface area contributed by atoms with Crippen molar-refractivity contribution in [3.05, 3.63) is 64.7 Å². The number of Topliss-reactive ketones (excluding diaryl/α,β-unsaturated/α-hetero) is 1. The van der Waals surface area contributed by atoms with Crippen molar-refractivity contribution in [3.63, 3.8) is 0 Å². The van der Waals surface area contributed by atoms with Crippen molar-refractivity contribution in [2.45, 2.75) is 47.0 Å². The number of benzene rings is 2. The van der Waals surface area contributed by atoms with Crippen molar-refractivity contribution in [2.75, 3.05) is 0 Å². The molecule has 27 heavy (non-hydrogen) atoms. The number of aliphatic hydroxyl groups excluding tert-OH is 1. The molecule has 0 saturated heterocycles. The Labute approximate surface area is 159 Å². The number of carbonyl (C=O) groups is 1. The van der Waals surface area contributed by atoms with Crippen LogP contribution in [-0.2, 0) is 11.2 Å². The first-order valence-corrected chi connectivity index (χ1v) is 9.23. The van der Waals surface area contributed by atoms with Crippen LogP contribution >= 0.6 is 0 Å². The largest absolute Gasteiger partial charge is 0.512 e. The number of halogens is 1. The van der Waals surface area contributed by atoms with Gasteiger partial charge in [0.1, 0.15) is 11.5 Å². The fourth-order valence-corrected chi connectivity index (χ4v) is 3.57. The van der Waals surface area contributed by atoms with Gasteiger partial charge in [-0.05, 0) is 59.7 Å². The quantitative estimate of drug-likeness (QED) is 0.704. The minimum atomic E-state index is -0.436. The summed E-state index contributed by atoms with van der Waals surface area (Å²) in [5.41, 5.74) is 2.53. The van der Waals surface area contributed by atoms with Crippen LogP contribution in [0.25, 0.3) is 5.57 Å². The maximum atomic E-state index is 14.1. The van der Waals surface area contributed by atoms with E-state index >= 15 is 0 Å². The molecule has 0 aromatic heterocycles. The summed E-state index contributed by atoms with van der Waals surface area (Å²) in [5.74, 6) is 0.170. The summed E-state index contributed by atoms with van der Waals surface area (Å²) in [6, 6.07) is 10.1. The van der Waals surface area contributed by atoms with Crippen molar-refractivity contribution in [3.8, 4) is 11.5 Å². The summed E-state index contributed by atoms with van der Waals surface area (Å²) >= 11 is 0. The Balaban J connectivity index is 2.03. The van der Waals surface area contributed by atoms with Crippen molar-refractivity contribution in [1.82, 2.24) is 0 Å². The fourth-order valence-electron chi connectivity index (χ4n) is 3.57. The maximum absolute atomic E-state index is 14.1. The molecule has 0 atom stereocenters. The SMILES string of the molecule is CCc1ccc(Oc2ccc(C)cc2F)cc1C1=C(O)CC(C)(C)CC1=O. The molecule has 142 valence electrons. The molecule has 2 aromatic rings. The summed E-state index contributed by atoms with van der Waals surface area (Å²) in [6.07, 6.45) is 1.55. The van der Waals surface area contributed by atoms with Gasteiger partial charge in [-0.15, -0.1) is 0 Å². The molecule has 0 heterocycles. The summed E-state index contributed by atoms with van der Waals surface area (Å²) in [5, 5.41) is 10.6. The third kappa shape index (κ3) is 4.05. The van der Waals surface area contributed by atoms with Crippen molar-refractivity contribution < 1.29 is 19.0 Å². The van der Waals surface area contributed by atoms with Gasteiger partial charge >= 0.3 is 0 Å². The number of allylic oxidation sites excluding steroid dienone is 2. The van der Waals surface area contributed by atoms with Crippen LogP contribution in [0.2, 0.25) is 0 Å². The van der Waals surface area contributed by atoms with Gasteiger partial charge < -0.3 is 9.84 Å². The first kappa shape index (κ1) is 19.2. The standard InChI is InChI=1S/C23H25FO3/c1-5-15-7-8-16(27-21-9-6-14(2)10-18(21)24)11-17(15)22-19(25)12-23(3,4)13-20(22)26/h6-11,25H,5,12-13H2,1-4H3. The van der Waals surface area contributed by atoms with E-state index in [1.807, 2.05) is 33.8 Å². The zero-order chi connectivity index (χ0) is 19.8. The van der Waals surface area contributed by atoms with Crippen LogP contribution in [-0.4, -0.2) is 10.9 Å². The van der Waals surface area contributed by atoms with Gasteiger partial charge in [0.15, 0.2) is 17.3 Å². The molecule has 3 nitrogen and oxygen atoms in total. The van der Waals surface area contributed by atoms with Crippen LogP contribution in [0.1, 0.15) is 50.3 Å². The normalized spacial score (nSPS) is 16.6. The lowest BCUT2D eigenvalue weighted by atomic mass is 9.74. The molecule has 1 N–H and O–H groups in total. The molecular formula is C23H25FO3. The highest BCUT2D eigenvalue weighted by Crippen LogP contribution is 2.41. The Morgan fingerprint density at radius 1 is 1.15 bits per heavy atom. The third-order valence-electron chi connectivity index (χ3n) is 4.90. The second-order valence-corrected chi connectivity index (χ2v) is 7.97. The van der Waals surface area contributed by atoms with Gasteiger partial charge in [-0.25, -0.2) is 4.39 Å². The van der Waals surface area contributed by atoms with Gasteiger partial charge in [0.2, 0.25) is 0 Å². The maximum Gasteiger partial charge on any atom is 0.167 e. The van der Waals surface area contributed by atoms with Crippen LogP contribution in [0.5, 0.6) is 11.5 Å². The minimum Gasteiger partial charge on any atom is -0.512 e. The number of ether oxygens (including phenoxy) is 1. The van der Waals surface area contributed by atoms with E-state index in [2.05, 4.69) is 0 Å². The van der Waals surface area contributed by atoms with Gasteiger partial charge in [-0.1, -0.05) is 32.9 Å². The number of carbonyl (C=O) groups excluding carboxylic acids is 1. The van der Waals surface area contributed by atoms with E-state index in [-0.39, 0.29) is 22.7 Å². The minimum absolute atomic E-state index is 0.0721. The van der Waals surface area contributed by atoms with E-state index in [1.54, 1.807) is 24.3 Å². The smallest absolute Gasteiger partial charge is 0.167 e. The highest BCUT2D eigenvalue weighted by atomic mass is 19.1. The highest BCUT2D eigenvalue weighted by Gasteiger charge is 2.34. The van der Waals surface area contributed by atoms with E-state index < -0.39 is 5.82 Å². The topological polar surface area (TPSA) is 46.5 Å². The van der Waals surface area contributed by atoms with Gasteiger partial charge in [0, 0.05) is 12.8 Å². The van der Waals surface area contributed by atoms with Crippen LogP contribution in [0, 0.1) is 18.2 Å². The highest BCUT2D eigenvalue weighted by molar-refractivity contribution is 6.22. The van der Waals surface area contributed by atoms with Crippen molar-refractivity contribution in [2.24, 2.45) is 5.41 Å². The van der Waals surface area contributed by atoms with E-state index in [0.717, 1.165) is 11.1 Å². The predicted molar refractivity (Wildman–Crippen MR) is 105 cm³/mol. The lowest BCUT2D eigenvalue weighted by Gasteiger charge is -2.30. The number of hydrogen-bond donors (Lipinski definition) is 1. The van der Waals surface area contributed by atoms with Crippen molar-refractivity contribution >= 4 is 11.4 Å². The van der Waals surface area contributed by atoms with Crippen molar-refractivity contribution in [1.29, 1.82) is 0 Å². The van der Waals surface area contributed by atoms with Crippen LogP contribution < -0.4 is 4.74 Å². The molecule has 0 aliphatic heterocycles. The van der Waals surface area contributed by atoms with E-state index in [9.17, 15) is 14.3 Å². The number of aliphatic hydroxyl groups is 1. The van der Waals surface area contributed by atoms with Crippen LogP contribution in [0.15, 0.2) is 42.2 Å². The molecule has 0 saturated carbocycles. The number of ketones is 1. The van der Waals surface area contributed by atoms with E-state index in [1.165, 1.54) is 6.07 Å². The molecule has 1 aliphatic carbocycles. The Morgan fingerprint density at radius 3 is 2.52 bits per heavy atom. The molecule has 0 unspecified atom stereocenters. The number of hydrogen-bond acceptors (Lipinski definition) is 3. The molecule has 0 amide bonds. The molecule has 2 aromatic carbocycles. The molecule has 0 bridgehead atoms. The Bertz CT molecular complexity index is 925. The monoisotopic (exact) mass is 368 g/mol. The Hall–Kier alpha value is -2.62. The zero-order valence-corrected chi connectivity index (χ0v) is 16.2. The summed E-state index contributed by atoms with van der Waals surface area (Å²) in [7, 11) is 0. The number of aryl methyl sites for hydroxylation is 2. The summed E-state index contributed by atoms with van der Waals surface area (Å²) in [6.45, 7) is 7.75. The molecule has 0 radical (unpaired) electrons. The summed E-state index contributed by atoms with van der Waals surface area (Å²) in [4.78, 5) is 12.7. The molecule has 0 fully saturated rings. The van der Waals surface area contributed by atoms with E-state index in [4.69, 9.17) is 4.74 Å². The van der Waals surface area contributed by atoms with Gasteiger partial charge in [-0.2, -0.15) is 0 Å². The molecule has 3 rings (SSSR count). The average molecular weight is 368 g/mol. The third-order valence-corrected chi connectivity index (χ3v) is 4.90. The van der Waals surface area contributed by atoms with Crippen LogP contribution in [0.3, 0.4) is 0 Å².